The summed E-state index contributed by atoms with van der Waals surface area (Å²) in [7, 11) is 3.74. The van der Waals surface area contributed by atoms with E-state index in [0.29, 0.717) is 88.6 Å². The minimum atomic E-state index is -4.75. The topological polar surface area (TPSA) is 253 Å². The van der Waals surface area contributed by atoms with Crippen molar-refractivity contribution in [2.75, 3.05) is 68.1 Å². The van der Waals surface area contributed by atoms with E-state index in [-0.39, 0.29) is 48.9 Å². The first kappa shape index (κ1) is 58.4. The summed E-state index contributed by atoms with van der Waals surface area (Å²) in [5.74, 6) is -3.84. The van der Waals surface area contributed by atoms with Gasteiger partial charge in [0.15, 0.2) is 5.96 Å². The fourth-order valence-corrected chi connectivity index (χ4v) is 10.7. The van der Waals surface area contributed by atoms with Gasteiger partial charge in [-0.2, -0.15) is 0 Å². The lowest BCUT2D eigenvalue weighted by Gasteiger charge is -2.41. The number of aryl methyl sites for hydroxylation is 1. The number of carbonyl (C=O) groups excluding carboxylic acids is 6. The summed E-state index contributed by atoms with van der Waals surface area (Å²) in [6.45, 7) is 12.4. The molecule has 3 N–H and O–H groups in total. The number of aliphatic imine (C=N–C) groups is 1. The molecule has 23 heteroatoms. The van der Waals surface area contributed by atoms with E-state index in [4.69, 9.17) is 14.5 Å². The molecule has 6 amide bonds. The van der Waals surface area contributed by atoms with Crippen molar-refractivity contribution in [3.05, 3.63) is 59.9 Å². The van der Waals surface area contributed by atoms with Gasteiger partial charge < -0.3 is 49.1 Å². The van der Waals surface area contributed by atoms with Gasteiger partial charge in [0.1, 0.15) is 17.5 Å². The molecule has 1 aromatic heterocycles. The Labute approximate surface area is 429 Å². The Hall–Kier alpha value is -5.54. The zero-order chi connectivity index (χ0) is 53.7. The van der Waals surface area contributed by atoms with Gasteiger partial charge in [0.05, 0.1) is 49.4 Å². The van der Waals surface area contributed by atoms with Crippen LogP contribution in [0.2, 0.25) is 0 Å². The molecule has 5 rings (SSSR count). The Balaban J connectivity index is 1.21. The van der Waals surface area contributed by atoms with Gasteiger partial charge in [0.25, 0.3) is 11.8 Å². The molecule has 0 radical (unpaired) electrons. The van der Waals surface area contributed by atoms with Crippen LogP contribution in [0.1, 0.15) is 84.4 Å². The lowest BCUT2D eigenvalue weighted by molar-refractivity contribution is -0.146. The second-order valence-corrected chi connectivity index (χ2v) is 21.7. The molecule has 22 nitrogen and oxygen atoms in total. The van der Waals surface area contributed by atoms with Gasteiger partial charge in [0, 0.05) is 99.6 Å². The van der Waals surface area contributed by atoms with Crippen LogP contribution in [0.4, 0.5) is 0 Å². The van der Waals surface area contributed by atoms with Crippen LogP contribution in [0.15, 0.2) is 53.7 Å². The fourth-order valence-electron chi connectivity index (χ4n) is 9.97. The highest BCUT2D eigenvalue weighted by atomic mass is 31.2. The maximum atomic E-state index is 14.8. The largest absolute Gasteiger partial charge is 0.379 e. The normalized spacial score (nSPS) is 19.5. The van der Waals surface area contributed by atoms with E-state index in [1.807, 2.05) is 51.6 Å². The number of guanidine groups is 1. The maximum absolute atomic E-state index is 14.8. The lowest BCUT2D eigenvalue weighted by atomic mass is 9.89. The van der Waals surface area contributed by atoms with Crippen molar-refractivity contribution < 1.29 is 52.6 Å². The first-order valence-electron chi connectivity index (χ1n) is 25.3. The summed E-state index contributed by atoms with van der Waals surface area (Å²) in [6.07, 6.45) is 5.20. The van der Waals surface area contributed by atoms with Gasteiger partial charge in [-0.1, -0.05) is 76.6 Å². The zero-order valence-electron chi connectivity index (χ0n) is 44.2. The number of aromatic nitrogens is 3. The predicted octanol–water partition coefficient (Wildman–Crippen LogP) is 2.35. The minimum absolute atomic E-state index is 0.00594. The van der Waals surface area contributed by atoms with E-state index in [2.05, 4.69) is 20.5 Å². The highest BCUT2D eigenvalue weighted by Gasteiger charge is 2.44. The van der Waals surface area contributed by atoms with E-state index in [9.17, 15) is 43.1 Å². The number of imide groups is 1. The van der Waals surface area contributed by atoms with Crippen molar-refractivity contribution in [2.45, 2.75) is 129 Å². The van der Waals surface area contributed by atoms with Crippen LogP contribution in [0.25, 0.3) is 0 Å². The zero-order valence-corrected chi connectivity index (χ0v) is 45.1. The summed E-state index contributed by atoms with van der Waals surface area (Å²) in [6, 6.07) is 6.96. The Bertz CT molecular complexity index is 2300. The van der Waals surface area contributed by atoms with Crippen LogP contribution in [0.3, 0.4) is 0 Å². The van der Waals surface area contributed by atoms with Gasteiger partial charge in [-0.3, -0.25) is 42.9 Å². The number of piperazine rings is 1. The highest BCUT2D eigenvalue weighted by Crippen LogP contribution is 2.41. The molecule has 0 saturated carbocycles. The van der Waals surface area contributed by atoms with Gasteiger partial charge in [-0.25, -0.2) is 4.99 Å². The quantitative estimate of drug-likeness (QED) is 0.0591. The molecule has 8 atom stereocenters. The van der Waals surface area contributed by atoms with Crippen LogP contribution in [-0.4, -0.2) is 200 Å². The maximum Gasteiger partial charge on any atom is 0.347 e. The van der Waals surface area contributed by atoms with Gasteiger partial charge in [-0.15, -0.1) is 5.10 Å². The number of rotatable bonds is 24. The molecule has 0 aliphatic carbocycles. The van der Waals surface area contributed by atoms with E-state index in [1.165, 1.54) is 26.4 Å². The molecule has 73 heavy (non-hydrogen) atoms. The van der Waals surface area contributed by atoms with E-state index < -0.39 is 67.4 Å². The van der Waals surface area contributed by atoms with Crippen molar-refractivity contribution in [1.82, 2.24) is 49.7 Å². The molecule has 2 fully saturated rings. The van der Waals surface area contributed by atoms with Crippen molar-refractivity contribution in [3.8, 4) is 0 Å². The van der Waals surface area contributed by atoms with Crippen molar-refractivity contribution in [2.24, 2.45) is 22.7 Å². The lowest BCUT2D eigenvalue weighted by Crippen LogP contribution is -2.56. The summed E-state index contributed by atoms with van der Waals surface area (Å²) >= 11 is 0. The predicted molar refractivity (Wildman–Crippen MR) is 272 cm³/mol. The van der Waals surface area contributed by atoms with Crippen molar-refractivity contribution >= 4 is 49.0 Å². The summed E-state index contributed by atoms with van der Waals surface area (Å²) < 4.78 is 26.1. The molecule has 0 bridgehead atoms. The summed E-state index contributed by atoms with van der Waals surface area (Å²) in [5.41, 5.74) is 1.13. The number of nitrogens with one attached hydrogen (secondary N) is 1. The average molecular weight is 1040 g/mol. The first-order chi connectivity index (χ1) is 34.6. The Morgan fingerprint density at radius 1 is 0.918 bits per heavy atom. The average Bonchev–Trinajstić information content (AvgIpc) is 4.11. The smallest absolute Gasteiger partial charge is 0.347 e. The first-order valence-corrected chi connectivity index (χ1v) is 27.0. The molecule has 0 spiro atoms. The number of likely N-dealkylation sites (tertiary alicyclic amines) is 1. The molecule has 2 saturated heterocycles. The number of ether oxygens (including phenoxy) is 2. The molecular formula is C50H78N11O11P. The number of carbonyl (C=O) groups is 6. The Morgan fingerprint density at radius 2 is 1.56 bits per heavy atom. The molecule has 0 unspecified atom stereocenters. The second-order valence-electron chi connectivity index (χ2n) is 19.9. The third kappa shape index (κ3) is 15.3. The van der Waals surface area contributed by atoms with Crippen LogP contribution in [0, 0.1) is 17.8 Å². The molecule has 3 aliphatic heterocycles. The third-order valence-electron chi connectivity index (χ3n) is 14.3. The molecule has 4 heterocycles. The number of likely N-dealkylation sites (N-methyl/N-ethyl adjacent to an activating group) is 1. The Morgan fingerprint density at radius 3 is 2.14 bits per heavy atom. The highest BCUT2D eigenvalue weighted by molar-refractivity contribution is 7.52. The molecule has 3 aliphatic rings. The second kappa shape index (κ2) is 26.6. The molecular weight excluding hydrogens is 962 g/mol. The summed E-state index contributed by atoms with van der Waals surface area (Å²) in [5, 5.41) is 10.7. The standard InChI is InChI=1S/C50H78N11O11P/c1-11-34(4)46(39(71-9)30-44(65)60-24-15-19-38(60)47(72-10)35(5)48(66)51-40(73(68,69)70)29-36-17-13-12-14-18-36)56(8)49(67)45(33(2)3)52-50(55(6)7)58-27-25-57(26-28-58)41(62)20-16-23-59-31-37(53-54-59)32-61-42(63)21-22-43(61)64/h12-14,17-18,21-22,31,33-35,38-40,45-47H,11,15-16,19-20,23-30,32H2,1-10H3,(H,51,66)(H2,68,69,70)/t34-,35+,38-,39+,40+,45-,46-,47+/m0/s1. The van der Waals surface area contributed by atoms with Crippen molar-refractivity contribution in [3.63, 3.8) is 0 Å². The minimum Gasteiger partial charge on any atom is -0.379 e. The van der Waals surface area contributed by atoms with Gasteiger partial charge in [0.2, 0.25) is 23.6 Å². The number of methoxy groups -OCH3 is 2. The number of benzene rings is 1. The fraction of sp³-hybridized carbons (Fsp3) is 0.660. The van der Waals surface area contributed by atoms with E-state index in [1.54, 1.807) is 65.0 Å². The SMILES string of the molecule is CC[C@H](C)[C@@H]([C@@H](CC(=O)N1CCC[C@H]1[C@H](OC)[C@@H](C)C(=O)N[C@@H](Cc1ccccc1)P(=O)(O)O)OC)N(C)C(=O)[C@@H](N=C(N(C)C)N1CCN(C(=O)CCCn2cc(CN3C(=O)C=CC3=O)nn2)CC1)C(C)C. The third-order valence-corrected chi connectivity index (χ3v) is 15.4. The van der Waals surface area contributed by atoms with E-state index >= 15 is 0 Å². The van der Waals surface area contributed by atoms with Crippen LogP contribution in [0.5, 0.6) is 0 Å². The van der Waals surface area contributed by atoms with Crippen LogP contribution < -0.4 is 5.32 Å². The number of hydrogen-bond acceptors (Lipinski definition) is 12. The number of nitrogens with zero attached hydrogens (tertiary/aromatic N) is 10. The van der Waals surface area contributed by atoms with Crippen LogP contribution >= 0.6 is 7.60 Å². The molecule has 404 valence electrons. The van der Waals surface area contributed by atoms with Gasteiger partial charge >= 0.3 is 7.60 Å². The Kier molecular flexibility index (Phi) is 21.3. The molecule has 2 aromatic rings. The number of hydrogen-bond donors (Lipinski definition) is 3. The van der Waals surface area contributed by atoms with E-state index in [0.717, 1.165) is 4.90 Å². The van der Waals surface area contributed by atoms with Crippen molar-refractivity contribution in [1.29, 1.82) is 0 Å². The van der Waals surface area contributed by atoms with Crippen LogP contribution in [-0.2, 0) is 62.3 Å². The summed E-state index contributed by atoms with van der Waals surface area (Å²) in [4.78, 5) is 116. The molecule has 1 aromatic carbocycles. The number of amides is 6. The van der Waals surface area contributed by atoms with Gasteiger partial charge in [-0.05, 0) is 36.7 Å². The monoisotopic (exact) mass is 1040 g/mol.